The maximum absolute atomic E-state index is 12.0. The molecule has 0 saturated carbocycles. The lowest BCUT2D eigenvalue weighted by atomic mass is 10.1. The summed E-state index contributed by atoms with van der Waals surface area (Å²) in [7, 11) is 1.75. The number of nitrogens with two attached hydrogens (primary N) is 1. The van der Waals surface area contributed by atoms with Gasteiger partial charge in [0.25, 0.3) is 0 Å². The lowest BCUT2D eigenvalue weighted by Gasteiger charge is -2.21. The Bertz CT molecular complexity index is 409. The molecule has 1 aromatic rings. The van der Waals surface area contributed by atoms with Crippen LogP contribution in [0.1, 0.15) is 26.2 Å². The summed E-state index contributed by atoms with van der Waals surface area (Å²) in [5.74, 6) is 0.712. The number of carbonyl (C=O) groups is 1. The van der Waals surface area contributed by atoms with E-state index in [1.54, 1.807) is 36.2 Å². The molecule has 0 aromatic heterocycles. The highest BCUT2D eigenvalue weighted by Gasteiger charge is 2.17. The molecule has 1 atom stereocenters. The van der Waals surface area contributed by atoms with E-state index >= 15 is 0 Å². The van der Waals surface area contributed by atoms with Gasteiger partial charge in [0.2, 0.25) is 5.91 Å². The first-order valence-electron chi connectivity index (χ1n) is 6.93. The van der Waals surface area contributed by atoms with E-state index in [0.717, 1.165) is 25.0 Å². The molecule has 0 aliphatic rings. The number of amides is 1. The summed E-state index contributed by atoms with van der Waals surface area (Å²) in [6.07, 6.45) is 2.75. The summed E-state index contributed by atoms with van der Waals surface area (Å²) in [5, 5.41) is 0.673. The van der Waals surface area contributed by atoms with Crippen molar-refractivity contribution in [1.82, 2.24) is 4.90 Å². The molecule has 2 N–H and O–H groups in total. The van der Waals surface area contributed by atoms with Crippen LogP contribution in [0.15, 0.2) is 24.3 Å². The Morgan fingerprint density at radius 2 is 2.05 bits per heavy atom. The van der Waals surface area contributed by atoms with Gasteiger partial charge in [0, 0.05) is 12.1 Å². The molecule has 1 aromatic carbocycles. The molecule has 0 radical (unpaired) electrons. The molecule has 20 heavy (non-hydrogen) atoms. The zero-order valence-electron chi connectivity index (χ0n) is 12.1. The molecule has 112 valence electrons. The second-order valence-corrected chi connectivity index (χ2v) is 5.25. The van der Waals surface area contributed by atoms with Crippen molar-refractivity contribution in [2.45, 2.75) is 32.2 Å². The molecular formula is C15H23ClN2O2. The normalized spacial score (nSPS) is 12.0. The van der Waals surface area contributed by atoms with Gasteiger partial charge in [-0.05, 0) is 30.7 Å². The third-order valence-corrected chi connectivity index (χ3v) is 3.32. The third kappa shape index (κ3) is 5.80. The Morgan fingerprint density at radius 1 is 1.40 bits per heavy atom. The number of hydrogen-bond donors (Lipinski definition) is 1. The maximum Gasteiger partial charge on any atom is 0.239 e. The molecular weight excluding hydrogens is 276 g/mol. The quantitative estimate of drug-likeness (QED) is 0.803. The number of benzene rings is 1. The van der Waals surface area contributed by atoms with E-state index in [-0.39, 0.29) is 5.91 Å². The Morgan fingerprint density at radius 3 is 2.65 bits per heavy atom. The molecule has 0 heterocycles. The topological polar surface area (TPSA) is 55.6 Å². The first-order chi connectivity index (χ1) is 9.54. The van der Waals surface area contributed by atoms with Gasteiger partial charge in [-0.15, -0.1) is 0 Å². The molecule has 1 rings (SSSR count). The Balaban J connectivity index is 2.30. The van der Waals surface area contributed by atoms with Gasteiger partial charge in [-0.2, -0.15) is 0 Å². The monoisotopic (exact) mass is 298 g/mol. The zero-order valence-corrected chi connectivity index (χ0v) is 12.9. The summed E-state index contributed by atoms with van der Waals surface area (Å²) in [6.45, 7) is 3.03. The van der Waals surface area contributed by atoms with E-state index in [2.05, 4.69) is 6.92 Å². The van der Waals surface area contributed by atoms with Crippen molar-refractivity contribution in [1.29, 1.82) is 0 Å². The van der Waals surface area contributed by atoms with Crippen LogP contribution in [0, 0.1) is 0 Å². The van der Waals surface area contributed by atoms with Gasteiger partial charge in [0.1, 0.15) is 12.4 Å². The minimum Gasteiger partial charge on any atom is -0.492 e. The maximum atomic E-state index is 12.0. The second-order valence-electron chi connectivity index (χ2n) is 4.81. The molecule has 4 nitrogen and oxygen atoms in total. The van der Waals surface area contributed by atoms with Gasteiger partial charge in [-0.3, -0.25) is 4.79 Å². The molecule has 1 amide bonds. The number of rotatable bonds is 8. The Kier molecular flexibility index (Phi) is 7.41. The summed E-state index contributed by atoms with van der Waals surface area (Å²) >= 11 is 5.79. The number of nitrogens with zero attached hydrogens (tertiary/aromatic N) is 1. The predicted octanol–water partition coefficient (Wildman–Crippen LogP) is 2.69. The lowest BCUT2D eigenvalue weighted by molar-refractivity contribution is -0.131. The smallest absolute Gasteiger partial charge is 0.239 e. The van der Waals surface area contributed by atoms with Crippen molar-refractivity contribution in [2.24, 2.45) is 5.73 Å². The lowest BCUT2D eigenvalue weighted by Crippen LogP contribution is -2.43. The average molecular weight is 299 g/mol. The Labute approximate surface area is 125 Å². The minimum absolute atomic E-state index is 0.0295. The summed E-state index contributed by atoms with van der Waals surface area (Å²) in [4.78, 5) is 13.6. The molecule has 0 fully saturated rings. The predicted molar refractivity (Wildman–Crippen MR) is 82.1 cm³/mol. The van der Waals surface area contributed by atoms with Gasteiger partial charge >= 0.3 is 0 Å². The summed E-state index contributed by atoms with van der Waals surface area (Å²) < 4.78 is 5.55. The van der Waals surface area contributed by atoms with Crippen molar-refractivity contribution in [2.75, 3.05) is 20.2 Å². The molecule has 0 saturated heterocycles. The van der Waals surface area contributed by atoms with Crippen LogP contribution in [0.5, 0.6) is 5.75 Å². The van der Waals surface area contributed by atoms with Crippen LogP contribution in [-0.4, -0.2) is 37.0 Å². The number of ether oxygens (including phenoxy) is 1. The molecule has 0 bridgehead atoms. The van der Waals surface area contributed by atoms with Gasteiger partial charge in [-0.1, -0.05) is 31.4 Å². The van der Waals surface area contributed by atoms with Crippen LogP contribution in [0.2, 0.25) is 5.02 Å². The zero-order chi connectivity index (χ0) is 15.0. The number of likely N-dealkylation sites (N-methyl/N-ethyl adjacent to an activating group) is 1. The van der Waals surface area contributed by atoms with E-state index in [9.17, 15) is 4.79 Å². The van der Waals surface area contributed by atoms with E-state index in [0.29, 0.717) is 18.2 Å². The molecule has 0 spiro atoms. The van der Waals surface area contributed by atoms with Gasteiger partial charge in [0.15, 0.2) is 0 Å². The van der Waals surface area contributed by atoms with Crippen LogP contribution in [0.25, 0.3) is 0 Å². The number of hydrogen-bond acceptors (Lipinski definition) is 3. The van der Waals surface area contributed by atoms with Gasteiger partial charge < -0.3 is 15.4 Å². The number of carbonyl (C=O) groups excluding carboxylic acids is 1. The highest BCUT2D eigenvalue weighted by molar-refractivity contribution is 6.30. The van der Waals surface area contributed by atoms with E-state index in [1.807, 2.05) is 0 Å². The van der Waals surface area contributed by atoms with Crippen LogP contribution in [0.4, 0.5) is 0 Å². The van der Waals surface area contributed by atoms with E-state index in [4.69, 9.17) is 22.1 Å². The fraction of sp³-hybridized carbons (Fsp3) is 0.533. The number of halogens is 1. The molecule has 5 heteroatoms. The van der Waals surface area contributed by atoms with Crippen molar-refractivity contribution >= 4 is 17.5 Å². The van der Waals surface area contributed by atoms with E-state index in [1.165, 1.54) is 0 Å². The van der Waals surface area contributed by atoms with Crippen molar-refractivity contribution in [3.05, 3.63) is 29.3 Å². The van der Waals surface area contributed by atoms with Crippen LogP contribution in [0.3, 0.4) is 0 Å². The van der Waals surface area contributed by atoms with E-state index < -0.39 is 6.04 Å². The second kappa shape index (κ2) is 8.82. The van der Waals surface area contributed by atoms with Crippen molar-refractivity contribution in [3.8, 4) is 5.75 Å². The Hall–Kier alpha value is -1.26. The van der Waals surface area contributed by atoms with Crippen LogP contribution in [-0.2, 0) is 4.79 Å². The first kappa shape index (κ1) is 16.8. The van der Waals surface area contributed by atoms with Crippen LogP contribution >= 0.6 is 11.6 Å². The molecule has 0 aliphatic carbocycles. The molecule has 0 aliphatic heterocycles. The number of unbranched alkanes of at least 4 members (excludes halogenated alkanes) is 1. The third-order valence-electron chi connectivity index (χ3n) is 3.07. The average Bonchev–Trinajstić information content (AvgIpc) is 2.45. The summed E-state index contributed by atoms with van der Waals surface area (Å²) in [6, 6.07) is 6.74. The summed E-state index contributed by atoms with van der Waals surface area (Å²) in [5.41, 5.74) is 5.86. The standard InChI is InChI=1S/C15H23ClN2O2/c1-3-4-5-14(17)15(19)18(2)10-11-20-13-8-6-12(16)7-9-13/h6-9,14H,3-5,10-11,17H2,1-2H3/t14-/m0/s1. The highest BCUT2D eigenvalue weighted by atomic mass is 35.5. The SMILES string of the molecule is CCCC[C@H](N)C(=O)N(C)CCOc1ccc(Cl)cc1. The highest BCUT2D eigenvalue weighted by Crippen LogP contribution is 2.15. The molecule has 0 unspecified atom stereocenters. The van der Waals surface area contributed by atoms with Crippen LogP contribution < -0.4 is 10.5 Å². The fourth-order valence-electron chi connectivity index (χ4n) is 1.77. The minimum atomic E-state index is -0.407. The van der Waals surface area contributed by atoms with Gasteiger partial charge in [-0.25, -0.2) is 0 Å². The van der Waals surface area contributed by atoms with Gasteiger partial charge in [0.05, 0.1) is 12.6 Å². The fourth-order valence-corrected chi connectivity index (χ4v) is 1.90. The van der Waals surface area contributed by atoms with Crippen molar-refractivity contribution in [3.63, 3.8) is 0 Å². The first-order valence-corrected chi connectivity index (χ1v) is 7.31. The largest absolute Gasteiger partial charge is 0.492 e. The van der Waals surface area contributed by atoms with Crippen molar-refractivity contribution < 1.29 is 9.53 Å².